The highest BCUT2D eigenvalue weighted by atomic mass is 16.2. The fourth-order valence-electron chi connectivity index (χ4n) is 3.31. The topological polar surface area (TPSA) is 32.3 Å². The van der Waals surface area contributed by atoms with Gasteiger partial charge in [-0.15, -0.1) is 0 Å². The molecule has 1 saturated carbocycles. The molecule has 0 bridgehead atoms. The zero-order valence-electron chi connectivity index (χ0n) is 11.0. The van der Waals surface area contributed by atoms with Crippen molar-refractivity contribution in [3.8, 4) is 0 Å². The lowest BCUT2D eigenvalue weighted by molar-refractivity contribution is -0.146. The summed E-state index contributed by atoms with van der Waals surface area (Å²) in [5, 5.41) is 3.44. The van der Waals surface area contributed by atoms with Gasteiger partial charge in [0.2, 0.25) is 5.91 Å². The maximum absolute atomic E-state index is 12.4. The average Bonchev–Trinajstić information content (AvgIpc) is 2.62. The average molecular weight is 224 g/mol. The number of carbonyl (C=O) groups excluding carboxylic acids is 1. The van der Waals surface area contributed by atoms with Crippen molar-refractivity contribution in [3.63, 3.8) is 0 Å². The number of amides is 1. The van der Waals surface area contributed by atoms with Gasteiger partial charge >= 0.3 is 0 Å². The van der Waals surface area contributed by atoms with E-state index in [2.05, 4.69) is 24.1 Å². The lowest BCUT2D eigenvalue weighted by Crippen LogP contribution is -2.70. The smallest absolute Gasteiger partial charge is 0.242 e. The number of nitrogens with zero attached hydrogens (tertiary/aromatic N) is 1. The Labute approximate surface area is 98.6 Å². The van der Waals surface area contributed by atoms with Crippen molar-refractivity contribution in [1.29, 1.82) is 0 Å². The minimum Gasteiger partial charge on any atom is -0.336 e. The molecule has 1 N–H and O–H groups in total. The molecule has 0 radical (unpaired) electrons. The minimum atomic E-state index is -0.412. The third-order valence-corrected chi connectivity index (χ3v) is 3.78. The SMILES string of the molecule is CC1(C)CN(C2CCCC2)C(=O)C(C)(C)N1. The van der Waals surface area contributed by atoms with Crippen molar-refractivity contribution in [2.45, 2.75) is 70.5 Å². The Morgan fingerprint density at radius 3 is 2.31 bits per heavy atom. The second-order valence-corrected chi connectivity index (χ2v) is 6.51. The van der Waals surface area contributed by atoms with Gasteiger partial charge in [-0.1, -0.05) is 12.8 Å². The standard InChI is InChI=1S/C13H24N2O/c1-12(2)9-15(10-7-5-6-8-10)11(16)13(3,4)14-12/h10,14H,5-9H2,1-4H3. The van der Waals surface area contributed by atoms with Crippen LogP contribution in [0, 0.1) is 0 Å². The van der Waals surface area contributed by atoms with E-state index in [1.54, 1.807) is 0 Å². The first-order valence-corrected chi connectivity index (χ1v) is 6.42. The van der Waals surface area contributed by atoms with Gasteiger partial charge in [-0.3, -0.25) is 10.1 Å². The Morgan fingerprint density at radius 1 is 1.19 bits per heavy atom. The highest BCUT2D eigenvalue weighted by Gasteiger charge is 2.45. The van der Waals surface area contributed by atoms with Crippen molar-refractivity contribution >= 4 is 5.91 Å². The van der Waals surface area contributed by atoms with Gasteiger partial charge in [-0.05, 0) is 40.5 Å². The zero-order valence-corrected chi connectivity index (χ0v) is 11.0. The molecule has 1 saturated heterocycles. The molecule has 92 valence electrons. The Hall–Kier alpha value is -0.570. The largest absolute Gasteiger partial charge is 0.336 e. The molecule has 0 aromatic heterocycles. The lowest BCUT2D eigenvalue weighted by Gasteiger charge is -2.49. The summed E-state index contributed by atoms with van der Waals surface area (Å²) < 4.78 is 0. The van der Waals surface area contributed by atoms with Crippen LogP contribution < -0.4 is 5.32 Å². The summed E-state index contributed by atoms with van der Waals surface area (Å²) in [5.74, 6) is 0.277. The van der Waals surface area contributed by atoms with E-state index in [0.717, 1.165) is 6.54 Å². The van der Waals surface area contributed by atoms with E-state index >= 15 is 0 Å². The van der Waals surface area contributed by atoms with Crippen LogP contribution in [0.4, 0.5) is 0 Å². The summed E-state index contributed by atoms with van der Waals surface area (Å²) >= 11 is 0. The normalized spacial score (nSPS) is 29.8. The number of nitrogens with one attached hydrogen (secondary N) is 1. The van der Waals surface area contributed by atoms with E-state index in [0.29, 0.717) is 6.04 Å². The molecule has 0 spiro atoms. The Bertz CT molecular complexity index is 290. The Balaban J connectivity index is 2.19. The van der Waals surface area contributed by atoms with E-state index in [1.165, 1.54) is 25.7 Å². The van der Waals surface area contributed by atoms with Gasteiger partial charge in [0.1, 0.15) is 0 Å². The molecule has 0 atom stereocenters. The monoisotopic (exact) mass is 224 g/mol. The summed E-state index contributed by atoms with van der Waals surface area (Å²) in [6.07, 6.45) is 4.95. The maximum Gasteiger partial charge on any atom is 0.242 e. The molecule has 2 aliphatic rings. The third kappa shape index (κ3) is 2.10. The van der Waals surface area contributed by atoms with Crippen LogP contribution >= 0.6 is 0 Å². The van der Waals surface area contributed by atoms with Crippen molar-refractivity contribution in [1.82, 2.24) is 10.2 Å². The second-order valence-electron chi connectivity index (χ2n) is 6.51. The van der Waals surface area contributed by atoms with E-state index in [9.17, 15) is 4.79 Å². The molecular weight excluding hydrogens is 200 g/mol. The number of carbonyl (C=O) groups is 1. The minimum absolute atomic E-state index is 0.0278. The van der Waals surface area contributed by atoms with E-state index < -0.39 is 5.54 Å². The number of hydrogen-bond donors (Lipinski definition) is 1. The van der Waals surface area contributed by atoms with Crippen LogP contribution in [0.1, 0.15) is 53.4 Å². The lowest BCUT2D eigenvalue weighted by atomic mass is 9.89. The van der Waals surface area contributed by atoms with Crippen molar-refractivity contribution < 1.29 is 4.79 Å². The molecule has 1 heterocycles. The van der Waals surface area contributed by atoms with Gasteiger partial charge in [-0.2, -0.15) is 0 Å². The molecule has 2 rings (SSSR count). The van der Waals surface area contributed by atoms with Gasteiger partial charge in [0.25, 0.3) is 0 Å². The van der Waals surface area contributed by atoms with Gasteiger partial charge in [0.15, 0.2) is 0 Å². The van der Waals surface area contributed by atoms with Crippen LogP contribution in [0.5, 0.6) is 0 Å². The molecule has 3 nitrogen and oxygen atoms in total. The Morgan fingerprint density at radius 2 is 1.75 bits per heavy atom. The first-order valence-electron chi connectivity index (χ1n) is 6.42. The number of rotatable bonds is 1. The van der Waals surface area contributed by atoms with Crippen LogP contribution in [0.3, 0.4) is 0 Å². The predicted molar refractivity (Wildman–Crippen MR) is 65.3 cm³/mol. The van der Waals surface area contributed by atoms with Crippen LogP contribution in [-0.2, 0) is 4.79 Å². The van der Waals surface area contributed by atoms with Crippen LogP contribution in [-0.4, -0.2) is 34.5 Å². The summed E-state index contributed by atoms with van der Waals surface area (Å²) in [4.78, 5) is 14.5. The van der Waals surface area contributed by atoms with Gasteiger partial charge in [0, 0.05) is 18.1 Å². The number of piperazine rings is 1. The van der Waals surface area contributed by atoms with Crippen molar-refractivity contribution in [2.24, 2.45) is 0 Å². The molecule has 0 aromatic rings. The quantitative estimate of drug-likeness (QED) is 0.738. The molecule has 0 aromatic carbocycles. The van der Waals surface area contributed by atoms with Crippen LogP contribution in [0.2, 0.25) is 0 Å². The highest BCUT2D eigenvalue weighted by Crippen LogP contribution is 2.30. The fourth-order valence-corrected chi connectivity index (χ4v) is 3.31. The van der Waals surface area contributed by atoms with Gasteiger partial charge in [-0.25, -0.2) is 0 Å². The first-order chi connectivity index (χ1) is 7.32. The summed E-state index contributed by atoms with van der Waals surface area (Å²) in [7, 11) is 0. The fraction of sp³-hybridized carbons (Fsp3) is 0.923. The second kappa shape index (κ2) is 3.73. The zero-order chi connectivity index (χ0) is 12.0. The molecule has 2 fully saturated rings. The molecular formula is C13H24N2O. The summed E-state index contributed by atoms with van der Waals surface area (Å²) in [6, 6.07) is 0.494. The van der Waals surface area contributed by atoms with Crippen molar-refractivity contribution in [2.75, 3.05) is 6.54 Å². The third-order valence-electron chi connectivity index (χ3n) is 3.78. The first kappa shape index (κ1) is 11.9. The van der Waals surface area contributed by atoms with E-state index in [-0.39, 0.29) is 11.4 Å². The molecule has 0 unspecified atom stereocenters. The number of hydrogen-bond acceptors (Lipinski definition) is 2. The summed E-state index contributed by atoms with van der Waals surface area (Å²) in [6.45, 7) is 9.21. The van der Waals surface area contributed by atoms with Gasteiger partial charge < -0.3 is 4.90 Å². The van der Waals surface area contributed by atoms with Gasteiger partial charge in [0.05, 0.1) is 5.54 Å². The maximum atomic E-state index is 12.4. The van der Waals surface area contributed by atoms with E-state index in [4.69, 9.17) is 0 Å². The summed E-state index contributed by atoms with van der Waals surface area (Å²) in [5.41, 5.74) is -0.385. The van der Waals surface area contributed by atoms with Crippen molar-refractivity contribution in [3.05, 3.63) is 0 Å². The Kier molecular flexibility index (Phi) is 2.77. The van der Waals surface area contributed by atoms with E-state index in [1.807, 2.05) is 13.8 Å². The highest BCUT2D eigenvalue weighted by molar-refractivity contribution is 5.87. The molecule has 1 aliphatic heterocycles. The molecule has 3 heteroatoms. The molecule has 16 heavy (non-hydrogen) atoms. The predicted octanol–water partition coefficient (Wildman–Crippen LogP) is 1.92. The molecule has 1 amide bonds. The van der Waals surface area contributed by atoms with Crippen LogP contribution in [0.15, 0.2) is 0 Å². The molecule has 1 aliphatic carbocycles. The van der Waals surface area contributed by atoms with Crippen LogP contribution in [0.25, 0.3) is 0 Å².